The number of aromatic nitrogens is 2. The Labute approximate surface area is 197 Å². The van der Waals surface area contributed by atoms with Crippen LogP contribution in [-0.4, -0.2) is 22.0 Å². The fourth-order valence-electron chi connectivity index (χ4n) is 2.97. The zero-order chi connectivity index (χ0) is 21.8. The standard InChI is InChI=1S/C22H22Br2ClN3O2/c1-4-5-6-20-27-19-8-7-15(23)10-17(19)22(29)28(20)26-12-14-9-16(25)11-18(24)21(14)30-13(2)3/h7-13H,4-6H2,1-3H3. The highest BCUT2D eigenvalue weighted by Gasteiger charge is 2.13. The Bertz CT molecular complexity index is 1160. The average molecular weight is 556 g/mol. The maximum absolute atomic E-state index is 13.2. The molecule has 3 rings (SSSR count). The van der Waals surface area contributed by atoms with E-state index >= 15 is 0 Å². The van der Waals surface area contributed by atoms with Gasteiger partial charge in [-0.3, -0.25) is 4.79 Å². The highest BCUT2D eigenvalue weighted by atomic mass is 79.9. The third-order valence-electron chi connectivity index (χ3n) is 4.33. The lowest BCUT2D eigenvalue weighted by atomic mass is 10.2. The number of fused-ring (bicyclic) bond motifs is 1. The minimum Gasteiger partial charge on any atom is -0.489 e. The molecular weight excluding hydrogens is 534 g/mol. The molecule has 0 unspecified atom stereocenters. The number of hydrogen-bond acceptors (Lipinski definition) is 4. The summed E-state index contributed by atoms with van der Waals surface area (Å²) < 4.78 is 8.84. The molecular formula is C22H22Br2ClN3O2. The number of halogens is 3. The van der Waals surface area contributed by atoms with Crippen molar-refractivity contribution in [1.82, 2.24) is 9.66 Å². The van der Waals surface area contributed by atoms with Gasteiger partial charge in [0.25, 0.3) is 5.56 Å². The van der Waals surface area contributed by atoms with E-state index in [9.17, 15) is 4.79 Å². The number of benzene rings is 2. The molecule has 0 aliphatic rings. The molecule has 5 nitrogen and oxygen atoms in total. The molecule has 0 atom stereocenters. The second-order valence-corrected chi connectivity index (χ2v) is 9.33. The number of aryl methyl sites for hydroxylation is 1. The van der Waals surface area contributed by atoms with Gasteiger partial charge in [-0.2, -0.15) is 9.78 Å². The molecule has 0 aliphatic carbocycles. The Kier molecular flexibility index (Phi) is 7.71. The molecule has 0 N–H and O–H groups in total. The molecule has 0 saturated heterocycles. The maximum atomic E-state index is 13.2. The van der Waals surface area contributed by atoms with Gasteiger partial charge in [0.1, 0.15) is 11.6 Å². The van der Waals surface area contributed by atoms with Crippen molar-refractivity contribution in [3.8, 4) is 5.75 Å². The first-order valence-corrected chi connectivity index (χ1v) is 11.7. The zero-order valence-electron chi connectivity index (χ0n) is 17.0. The molecule has 1 heterocycles. The highest BCUT2D eigenvalue weighted by molar-refractivity contribution is 9.10. The summed E-state index contributed by atoms with van der Waals surface area (Å²) in [4.78, 5) is 17.9. The lowest BCUT2D eigenvalue weighted by Crippen LogP contribution is -2.22. The molecule has 0 amide bonds. The molecule has 0 fully saturated rings. The molecule has 0 bridgehead atoms. The van der Waals surface area contributed by atoms with E-state index in [2.05, 4.69) is 43.9 Å². The number of hydrogen-bond donors (Lipinski definition) is 0. The summed E-state index contributed by atoms with van der Waals surface area (Å²) in [5.41, 5.74) is 1.12. The predicted octanol–water partition coefficient (Wildman–Crippen LogP) is 6.59. The smallest absolute Gasteiger partial charge is 0.282 e. The van der Waals surface area contributed by atoms with Gasteiger partial charge in [0.05, 0.1) is 27.7 Å². The fraction of sp³-hybridized carbons (Fsp3) is 0.318. The van der Waals surface area contributed by atoms with Crippen molar-refractivity contribution in [3.63, 3.8) is 0 Å². The monoisotopic (exact) mass is 553 g/mol. The molecule has 8 heteroatoms. The van der Waals surface area contributed by atoms with Crippen molar-refractivity contribution in [1.29, 1.82) is 0 Å². The largest absolute Gasteiger partial charge is 0.489 e. The molecule has 3 aromatic rings. The predicted molar refractivity (Wildman–Crippen MR) is 130 cm³/mol. The molecule has 0 saturated carbocycles. The number of ether oxygens (including phenoxy) is 1. The van der Waals surface area contributed by atoms with Crippen LogP contribution in [0, 0.1) is 0 Å². The summed E-state index contributed by atoms with van der Waals surface area (Å²) in [5, 5.41) is 5.55. The Morgan fingerprint density at radius 2 is 2.03 bits per heavy atom. The third kappa shape index (κ3) is 5.31. The van der Waals surface area contributed by atoms with Gasteiger partial charge in [0.15, 0.2) is 0 Å². The van der Waals surface area contributed by atoms with Crippen molar-refractivity contribution in [2.75, 3.05) is 0 Å². The van der Waals surface area contributed by atoms with Crippen LogP contribution < -0.4 is 10.3 Å². The van der Waals surface area contributed by atoms with Crippen LogP contribution >= 0.6 is 43.5 Å². The third-order valence-corrected chi connectivity index (χ3v) is 5.63. The van der Waals surface area contributed by atoms with Crippen LogP contribution in [0.25, 0.3) is 10.9 Å². The second kappa shape index (κ2) is 10.1. The van der Waals surface area contributed by atoms with E-state index in [1.165, 1.54) is 4.68 Å². The topological polar surface area (TPSA) is 56.5 Å². The Morgan fingerprint density at radius 3 is 2.73 bits per heavy atom. The van der Waals surface area contributed by atoms with Crippen LogP contribution in [0.3, 0.4) is 0 Å². The fourth-order valence-corrected chi connectivity index (χ4v) is 4.26. The van der Waals surface area contributed by atoms with Gasteiger partial charge in [0, 0.05) is 21.5 Å². The summed E-state index contributed by atoms with van der Waals surface area (Å²) in [6.07, 6.45) is 4.12. The molecule has 1 aromatic heterocycles. The van der Waals surface area contributed by atoms with Gasteiger partial charge >= 0.3 is 0 Å². The van der Waals surface area contributed by atoms with Crippen LogP contribution in [0.5, 0.6) is 5.75 Å². The number of nitrogens with zero attached hydrogens (tertiary/aromatic N) is 3. The van der Waals surface area contributed by atoms with E-state index in [0.29, 0.717) is 39.5 Å². The van der Waals surface area contributed by atoms with Crippen LogP contribution in [-0.2, 0) is 6.42 Å². The number of unbranched alkanes of at least 4 members (excludes halogenated alkanes) is 1. The summed E-state index contributed by atoms with van der Waals surface area (Å²) in [5.74, 6) is 1.25. The van der Waals surface area contributed by atoms with Gasteiger partial charge in [0.2, 0.25) is 0 Å². The van der Waals surface area contributed by atoms with E-state index in [4.69, 9.17) is 21.3 Å². The SMILES string of the molecule is CCCCc1nc2ccc(Br)cc2c(=O)n1N=Cc1cc(Cl)cc(Br)c1OC(C)C. The van der Waals surface area contributed by atoms with Crippen LogP contribution in [0.1, 0.15) is 45.0 Å². The van der Waals surface area contributed by atoms with E-state index in [1.54, 1.807) is 24.4 Å². The van der Waals surface area contributed by atoms with Crippen molar-refractivity contribution in [2.24, 2.45) is 5.10 Å². The van der Waals surface area contributed by atoms with E-state index < -0.39 is 0 Å². The Morgan fingerprint density at radius 1 is 1.27 bits per heavy atom. The lowest BCUT2D eigenvalue weighted by molar-refractivity contribution is 0.240. The van der Waals surface area contributed by atoms with Crippen molar-refractivity contribution in [3.05, 3.63) is 66.0 Å². The molecule has 2 aromatic carbocycles. The molecule has 0 radical (unpaired) electrons. The van der Waals surface area contributed by atoms with Gasteiger partial charge in [-0.25, -0.2) is 4.98 Å². The summed E-state index contributed by atoms with van der Waals surface area (Å²) in [7, 11) is 0. The molecule has 0 spiro atoms. The zero-order valence-corrected chi connectivity index (χ0v) is 20.9. The average Bonchev–Trinajstić information content (AvgIpc) is 2.68. The van der Waals surface area contributed by atoms with E-state index in [0.717, 1.165) is 21.8 Å². The maximum Gasteiger partial charge on any atom is 0.282 e. The van der Waals surface area contributed by atoms with E-state index in [-0.39, 0.29) is 11.7 Å². The van der Waals surface area contributed by atoms with Crippen LogP contribution in [0.4, 0.5) is 0 Å². The van der Waals surface area contributed by atoms with Crippen molar-refractivity contribution in [2.45, 2.75) is 46.1 Å². The molecule has 0 aliphatic heterocycles. The van der Waals surface area contributed by atoms with Crippen LogP contribution in [0.15, 0.2) is 49.2 Å². The van der Waals surface area contributed by atoms with Gasteiger partial charge in [-0.05, 0) is 66.5 Å². The first kappa shape index (κ1) is 23.0. The first-order valence-electron chi connectivity index (χ1n) is 9.71. The number of rotatable bonds is 7. The van der Waals surface area contributed by atoms with Crippen molar-refractivity contribution < 1.29 is 4.74 Å². The lowest BCUT2D eigenvalue weighted by Gasteiger charge is -2.15. The molecule has 158 valence electrons. The quantitative estimate of drug-likeness (QED) is 0.309. The highest BCUT2D eigenvalue weighted by Crippen LogP contribution is 2.32. The normalized spacial score (nSPS) is 11.7. The van der Waals surface area contributed by atoms with E-state index in [1.807, 2.05) is 26.0 Å². The minimum atomic E-state index is -0.212. The first-order chi connectivity index (χ1) is 14.3. The van der Waals surface area contributed by atoms with Crippen LogP contribution in [0.2, 0.25) is 5.02 Å². The second-order valence-electron chi connectivity index (χ2n) is 7.13. The van der Waals surface area contributed by atoms with Gasteiger partial charge < -0.3 is 4.74 Å². The summed E-state index contributed by atoms with van der Waals surface area (Å²) in [6.45, 7) is 5.99. The minimum absolute atomic E-state index is 0.0304. The summed E-state index contributed by atoms with van der Waals surface area (Å²) in [6, 6.07) is 9.02. The van der Waals surface area contributed by atoms with Crippen molar-refractivity contribution >= 4 is 60.6 Å². The Balaban J connectivity index is 2.16. The summed E-state index contributed by atoms with van der Waals surface area (Å²) >= 11 is 13.2. The van der Waals surface area contributed by atoms with Gasteiger partial charge in [-0.1, -0.05) is 40.9 Å². The van der Waals surface area contributed by atoms with Gasteiger partial charge in [-0.15, -0.1) is 0 Å². The Hall–Kier alpha value is -1.70. The molecule has 30 heavy (non-hydrogen) atoms.